The predicted octanol–water partition coefficient (Wildman–Crippen LogP) is 2.90. The van der Waals surface area contributed by atoms with Crippen LogP contribution in [0.25, 0.3) is 5.76 Å². The summed E-state index contributed by atoms with van der Waals surface area (Å²) in [5.41, 5.74) is 0.198. The molecule has 0 aliphatic carbocycles. The Morgan fingerprint density at radius 3 is 2.34 bits per heavy atom. The van der Waals surface area contributed by atoms with Crippen LogP contribution in [-0.2, 0) is 9.59 Å². The molecule has 1 unspecified atom stereocenters. The monoisotopic (exact) mass is 401 g/mol. The van der Waals surface area contributed by atoms with E-state index in [-0.39, 0.29) is 16.9 Å². The van der Waals surface area contributed by atoms with E-state index in [9.17, 15) is 19.1 Å². The van der Waals surface area contributed by atoms with Gasteiger partial charge >= 0.3 is 0 Å². The number of carbonyl (C=O) groups excluding carboxylic acids is 2. The van der Waals surface area contributed by atoms with E-state index < -0.39 is 29.3 Å². The minimum atomic E-state index is -0.965. The smallest absolute Gasteiger partial charge is 0.295 e. The van der Waals surface area contributed by atoms with Gasteiger partial charge in [-0.3, -0.25) is 9.59 Å². The van der Waals surface area contributed by atoms with Crippen LogP contribution >= 0.6 is 0 Å². The van der Waals surface area contributed by atoms with Crippen molar-refractivity contribution in [2.24, 2.45) is 0 Å². The van der Waals surface area contributed by atoms with Crippen molar-refractivity contribution in [1.29, 1.82) is 0 Å². The lowest BCUT2D eigenvalue weighted by atomic mass is 9.94. The van der Waals surface area contributed by atoms with Crippen molar-refractivity contribution < 1.29 is 33.3 Å². The van der Waals surface area contributed by atoms with E-state index >= 15 is 0 Å². The Bertz CT molecular complexity index is 1020. The molecule has 8 heteroatoms. The summed E-state index contributed by atoms with van der Waals surface area (Å²) in [4.78, 5) is 26.4. The number of likely N-dealkylation sites (N-methyl/N-ethyl adjacent to an activating group) is 1. The van der Waals surface area contributed by atoms with Crippen molar-refractivity contribution in [3.05, 3.63) is 58.9 Å². The molecule has 0 spiro atoms. The summed E-state index contributed by atoms with van der Waals surface area (Å²) < 4.78 is 29.7. The number of hydrogen-bond donors (Lipinski definition) is 1. The number of nitrogens with zero attached hydrogens (tertiary/aromatic N) is 1. The Hall–Kier alpha value is -3.55. The molecule has 1 aliphatic heterocycles. The molecule has 7 nitrogen and oxygen atoms in total. The number of Topliss-reactive ketones (excluding diaryl/α,β-unsaturated/α-hetero) is 1. The highest BCUT2D eigenvalue weighted by atomic mass is 19.1. The maximum Gasteiger partial charge on any atom is 0.295 e. The van der Waals surface area contributed by atoms with Crippen LogP contribution in [0.2, 0.25) is 0 Å². The highest BCUT2D eigenvalue weighted by Gasteiger charge is 2.46. The molecule has 0 aromatic heterocycles. The highest BCUT2D eigenvalue weighted by Crippen LogP contribution is 2.45. The standard InChI is InChI=1S/C21H20FNO6/c1-23-17(12-6-5-7-15(28-3)20(12)29-4)16(19(25)21(23)26)18(24)13-10-11(22)8-9-14(13)27-2/h5-10,17,24H,1-4H3/b18-16+. The van der Waals surface area contributed by atoms with Crippen molar-refractivity contribution in [3.63, 3.8) is 0 Å². The lowest BCUT2D eigenvalue weighted by molar-refractivity contribution is -0.139. The van der Waals surface area contributed by atoms with Crippen LogP contribution in [0.1, 0.15) is 17.2 Å². The number of aliphatic hydroxyl groups excluding tert-OH is 1. The normalized spacial score (nSPS) is 18.1. The molecule has 0 saturated carbocycles. The molecule has 1 aliphatic rings. The first-order chi connectivity index (χ1) is 13.8. The van der Waals surface area contributed by atoms with Crippen molar-refractivity contribution in [2.45, 2.75) is 6.04 Å². The largest absolute Gasteiger partial charge is 0.507 e. The summed E-state index contributed by atoms with van der Waals surface area (Å²) in [6.07, 6.45) is 0. The summed E-state index contributed by atoms with van der Waals surface area (Å²) in [6.45, 7) is 0. The number of halogens is 1. The van der Waals surface area contributed by atoms with Crippen LogP contribution in [0.3, 0.4) is 0 Å². The van der Waals surface area contributed by atoms with Gasteiger partial charge in [0.2, 0.25) is 0 Å². The van der Waals surface area contributed by atoms with Gasteiger partial charge < -0.3 is 24.2 Å². The molecule has 1 atom stereocenters. The zero-order valence-electron chi connectivity index (χ0n) is 16.4. The molecule has 29 heavy (non-hydrogen) atoms. The first kappa shape index (κ1) is 20.2. The Kier molecular flexibility index (Phi) is 5.45. The molecule has 152 valence electrons. The fourth-order valence-corrected chi connectivity index (χ4v) is 3.45. The van der Waals surface area contributed by atoms with Gasteiger partial charge in [-0.1, -0.05) is 12.1 Å². The van der Waals surface area contributed by atoms with Crippen LogP contribution in [0, 0.1) is 5.82 Å². The second-order valence-corrected chi connectivity index (χ2v) is 6.34. The van der Waals surface area contributed by atoms with Gasteiger partial charge in [-0.05, 0) is 24.3 Å². The number of para-hydroxylation sites is 1. The third-order valence-electron chi connectivity index (χ3n) is 4.82. The second kappa shape index (κ2) is 7.83. The van der Waals surface area contributed by atoms with Gasteiger partial charge in [0, 0.05) is 12.6 Å². The van der Waals surface area contributed by atoms with E-state index in [1.807, 2.05) is 0 Å². The molecule has 2 aromatic rings. The summed E-state index contributed by atoms with van der Waals surface area (Å²) in [5, 5.41) is 10.9. The molecular weight excluding hydrogens is 381 g/mol. The zero-order chi connectivity index (χ0) is 21.3. The van der Waals surface area contributed by atoms with Gasteiger partial charge in [0.1, 0.15) is 17.3 Å². The van der Waals surface area contributed by atoms with Crippen molar-refractivity contribution in [3.8, 4) is 17.2 Å². The average molecular weight is 401 g/mol. The second-order valence-electron chi connectivity index (χ2n) is 6.34. The minimum absolute atomic E-state index is 0.0363. The number of hydrogen-bond acceptors (Lipinski definition) is 6. The lowest BCUT2D eigenvalue weighted by Crippen LogP contribution is -2.25. The Morgan fingerprint density at radius 1 is 1.03 bits per heavy atom. The molecule has 1 amide bonds. The van der Waals surface area contributed by atoms with Crippen molar-refractivity contribution in [1.82, 2.24) is 4.90 Å². The number of aliphatic hydroxyl groups is 1. The van der Waals surface area contributed by atoms with E-state index in [2.05, 4.69) is 0 Å². The lowest BCUT2D eigenvalue weighted by Gasteiger charge is -2.24. The fourth-order valence-electron chi connectivity index (χ4n) is 3.45. The molecule has 1 heterocycles. The zero-order valence-corrected chi connectivity index (χ0v) is 16.4. The SMILES string of the molecule is COc1ccc(F)cc1/C(O)=C1\C(=O)C(=O)N(C)C1c1cccc(OC)c1OC. The van der Waals surface area contributed by atoms with Crippen molar-refractivity contribution in [2.75, 3.05) is 28.4 Å². The summed E-state index contributed by atoms with van der Waals surface area (Å²) in [5.74, 6) is -2.02. The number of ether oxygens (including phenoxy) is 3. The third kappa shape index (κ3) is 3.26. The number of carbonyl (C=O) groups is 2. The van der Waals surface area contributed by atoms with Gasteiger partial charge in [0.05, 0.1) is 38.5 Å². The topological polar surface area (TPSA) is 85.3 Å². The van der Waals surface area contributed by atoms with Crippen LogP contribution in [0.15, 0.2) is 42.0 Å². The van der Waals surface area contributed by atoms with Gasteiger partial charge in [0.15, 0.2) is 11.5 Å². The molecule has 1 N–H and O–H groups in total. The number of ketones is 1. The van der Waals surface area contributed by atoms with Crippen molar-refractivity contribution >= 4 is 17.4 Å². The van der Waals surface area contributed by atoms with Gasteiger partial charge in [-0.15, -0.1) is 0 Å². The third-order valence-corrected chi connectivity index (χ3v) is 4.82. The van der Waals surface area contributed by atoms with Gasteiger partial charge in [-0.25, -0.2) is 4.39 Å². The van der Waals surface area contributed by atoms with Crippen LogP contribution in [0.4, 0.5) is 4.39 Å². The molecule has 1 fully saturated rings. The van der Waals surface area contributed by atoms with Crippen LogP contribution in [-0.4, -0.2) is 50.1 Å². The molecule has 1 saturated heterocycles. The van der Waals surface area contributed by atoms with E-state index in [0.717, 1.165) is 12.1 Å². The quantitative estimate of drug-likeness (QED) is 0.471. The number of benzene rings is 2. The Balaban J connectivity index is 2.30. The minimum Gasteiger partial charge on any atom is -0.507 e. The van der Waals surface area contributed by atoms with E-state index in [4.69, 9.17) is 14.2 Å². The number of amides is 1. The van der Waals surface area contributed by atoms with Crippen LogP contribution in [0.5, 0.6) is 17.2 Å². The number of methoxy groups -OCH3 is 3. The van der Waals surface area contributed by atoms with E-state index in [1.165, 1.54) is 39.3 Å². The van der Waals surface area contributed by atoms with Gasteiger partial charge in [-0.2, -0.15) is 0 Å². The molecule has 0 bridgehead atoms. The molecule has 2 aromatic carbocycles. The summed E-state index contributed by atoms with van der Waals surface area (Å²) >= 11 is 0. The first-order valence-electron chi connectivity index (χ1n) is 8.65. The molecule has 3 rings (SSSR count). The fraction of sp³-hybridized carbons (Fsp3) is 0.238. The average Bonchev–Trinajstić information content (AvgIpc) is 2.96. The Labute approximate surface area is 166 Å². The maximum absolute atomic E-state index is 13.8. The summed E-state index contributed by atoms with van der Waals surface area (Å²) in [6, 6.07) is 7.56. The Morgan fingerprint density at radius 2 is 1.72 bits per heavy atom. The molecular formula is C21H20FNO6. The first-order valence-corrected chi connectivity index (χ1v) is 8.65. The van der Waals surface area contributed by atoms with E-state index in [0.29, 0.717) is 17.1 Å². The number of rotatable bonds is 5. The number of likely N-dealkylation sites (tertiary alicyclic amines) is 1. The maximum atomic E-state index is 13.8. The predicted molar refractivity (Wildman–Crippen MR) is 103 cm³/mol. The van der Waals surface area contributed by atoms with Gasteiger partial charge in [0.25, 0.3) is 11.7 Å². The molecule has 0 radical (unpaired) electrons. The van der Waals surface area contributed by atoms with E-state index in [1.54, 1.807) is 18.2 Å². The highest BCUT2D eigenvalue weighted by molar-refractivity contribution is 6.46. The van der Waals surface area contributed by atoms with Crippen LogP contribution < -0.4 is 14.2 Å². The summed E-state index contributed by atoms with van der Waals surface area (Å²) in [7, 11) is 5.68.